The molecule has 1 aromatic carbocycles. The molecule has 1 atom stereocenters. The van der Waals surface area contributed by atoms with Crippen LogP contribution >= 0.6 is 0 Å². The molecule has 0 saturated heterocycles. The van der Waals surface area contributed by atoms with E-state index in [1.807, 2.05) is 30.3 Å². The number of aromatic nitrogens is 2. The Hall–Kier alpha value is -2.37. The van der Waals surface area contributed by atoms with E-state index < -0.39 is 4.92 Å². The van der Waals surface area contributed by atoms with Gasteiger partial charge in [0, 0.05) is 4.98 Å². The minimum Gasteiger partial charge on any atom is -0.436 e. The number of ether oxygens (including phenoxy) is 1. The van der Waals surface area contributed by atoms with Gasteiger partial charge in [0.05, 0.1) is 6.54 Å². The highest BCUT2D eigenvalue weighted by Crippen LogP contribution is 2.32. The summed E-state index contributed by atoms with van der Waals surface area (Å²) in [7, 11) is 0. The van der Waals surface area contributed by atoms with E-state index in [-0.39, 0.29) is 11.9 Å². The minimum absolute atomic E-state index is 0.112. The van der Waals surface area contributed by atoms with Crippen molar-refractivity contribution in [1.29, 1.82) is 0 Å². The molecule has 1 aliphatic heterocycles. The summed E-state index contributed by atoms with van der Waals surface area (Å²) in [4.78, 5) is 13.8. The molecule has 2 heterocycles. The van der Waals surface area contributed by atoms with Gasteiger partial charge in [-0.05, 0) is 10.5 Å². The highest BCUT2D eigenvalue weighted by Gasteiger charge is 2.31. The molecule has 2 aromatic rings. The molecule has 0 amide bonds. The zero-order valence-electron chi connectivity index (χ0n) is 8.81. The van der Waals surface area contributed by atoms with Crippen LogP contribution in [0, 0.1) is 10.1 Å². The lowest BCUT2D eigenvalue weighted by molar-refractivity contribution is -0.389. The summed E-state index contributed by atoms with van der Waals surface area (Å²) in [5, 5.41) is 10.5. The molecule has 86 valence electrons. The smallest absolute Gasteiger partial charge is 0.415 e. The van der Waals surface area contributed by atoms with Crippen LogP contribution in [0.15, 0.2) is 36.5 Å². The summed E-state index contributed by atoms with van der Waals surface area (Å²) < 4.78 is 7.23. The molecule has 0 spiro atoms. The summed E-state index contributed by atoms with van der Waals surface area (Å²) in [6.45, 7) is 0.556. The number of benzene rings is 1. The molecule has 0 fully saturated rings. The molecule has 0 saturated carbocycles. The monoisotopic (exact) mass is 231 g/mol. The van der Waals surface area contributed by atoms with E-state index in [2.05, 4.69) is 4.98 Å². The third-order valence-electron chi connectivity index (χ3n) is 2.70. The van der Waals surface area contributed by atoms with Gasteiger partial charge in [-0.3, -0.25) is 4.57 Å². The van der Waals surface area contributed by atoms with Crippen molar-refractivity contribution in [2.75, 3.05) is 0 Å². The Morgan fingerprint density at radius 3 is 2.82 bits per heavy atom. The molecular weight excluding hydrogens is 222 g/mol. The molecule has 6 heteroatoms. The Labute approximate surface area is 96.6 Å². The van der Waals surface area contributed by atoms with E-state index in [9.17, 15) is 10.1 Å². The fourth-order valence-electron chi connectivity index (χ4n) is 1.88. The van der Waals surface area contributed by atoms with Gasteiger partial charge in [-0.25, -0.2) is 0 Å². The van der Waals surface area contributed by atoms with Gasteiger partial charge in [0.1, 0.15) is 12.3 Å². The van der Waals surface area contributed by atoms with Gasteiger partial charge in [0.25, 0.3) is 0 Å². The summed E-state index contributed by atoms with van der Waals surface area (Å²) in [6, 6.07) is 10.0. The third-order valence-corrected chi connectivity index (χ3v) is 2.70. The average Bonchev–Trinajstić information content (AvgIpc) is 2.87. The number of nitrogens with zero attached hydrogens (tertiary/aromatic N) is 3. The molecule has 1 aromatic heterocycles. The Bertz CT molecular complexity index is 541. The summed E-state index contributed by atoms with van der Waals surface area (Å²) in [5.41, 5.74) is 1.04. The molecule has 0 aliphatic carbocycles. The topological polar surface area (TPSA) is 70.2 Å². The number of rotatable bonds is 2. The molecule has 3 rings (SSSR count). The second-order valence-electron chi connectivity index (χ2n) is 3.81. The predicted molar refractivity (Wildman–Crippen MR) is 58.7 cm³/mol. The summed E-state index contributed by atoms with van der Waals surface area (Å²) in [6.07, 6.45) is 1.29. The van der Waals surface area contributed by atoms with Gasteiger partial charge in [0.15, 0.2) is 0 Å². The Morgan fingerprint density at radius 2 is 2.18 bits per heavy atom. The Balaban J connectivity index is 1.85. The first kappa shape index (κ1) is 9.83. The van der Waals surface area contributed by atoms with E-state index in [0.29, 0.717) is 12.6 Å². The fraction of sp³-hybridized carbons (Fsp3) is 0.182. The molecule has 1 unspecified atom stereocenters. The van der Waals surface area contributed by atoms with Crippen LogP contribution in [-0.2, 0) is 6.54 Å². The molecule has 0 radical (unpaired) electrons. The minimum atomic E-state index is -0.522. The van der Waals surface area contributed by atoms with Crippen LogP contribution in [0.3, 0.4) is 0 Å². The molecular formula is C11H9N3O3. The van der Waals surface area contributed by atoms with Crippen molar-refractivity contribution in [2.24, 2.45) is 0 Å². The van der Waals surface area contributed by atoms with Crippen molar-refractivity contribution in [2.45, 2.75) is 12.6 Å². The standard InChI is InChI=1S/C11H9N3O3/c15-14(16)10-7-13-6-9(17-11(13)12-10)8-4-2-1-3-5-8/h1-5,7,9H,6H2. The van der Waals surface area contributed by atoms with Crippen molar-refractivity contribution in [3.8, 4) is 6.01 Å². The van der Waals surface area contributed by atoms with Gasteiger partial charge < -0.3 is 14.9 Å². The maximum atomic E-state index is 10.5. The number of hydrogen-bond acceptors (Lipinski definition) is 4. The largest absolute Gasteiger partial charge is 0.436 e. The van der Waals surface area contributed by atoms with E-state index in [1.54, 1.807) is 4.57 Å². The fourth-order valence-corrected chi connectivity index (χ4v) is 1.88. The van der Waals surface area contributed by atoms with Crippen molar-refractivity contribution in [1.82, 2.24) is 9.55 Å². The number of fused-ring (bicyclic) bond motifs is 1. The first-order chi connectivity index (χ1) is 8.24. The lowest BCUT2D eigenvalue weighted by Gasteiger charge is -2.07. The molecule has 0 bridgehead atoms. The Morgan fingerprint density at radius 1 is 1.41 bits per heavy atom. The van der Waals surface area contributed by atoms with Gasteiger partial charge in [-0.2, -0.15) is 0 Å². The summed E-state index contributed by atoms with van der Waals surface area (Å²) in [5.74, 6) is -0.175. The van der Waals surface area contributed by atoms with Gasteiger partial charge in [-0.1, -0.05) is 30.3 Å². The van der Waals surface area contributed by atoms with Crippen LogP contribution in [0.4, 0.5) is 5.82 Å². The number of nitro groups is 1. The zero-order chi connectivity index (χ0) is 11.8. The zero-order valence-corrected chi connectivity index (χ0v) is 8.81. The average molecular weight is 231 g/mol. The maximum absolute atomic E-state index is 10.5. The molecule has 6 nitrogen and oxygen atoms in total. The lowest BCUT2D eigenvalue weighted by atomic mass is 10.1. The van der Waals surface area contributed by atoms with Crippen LogP contribution in [0.5, 0.6) is 6.01 Å². The van der Waals surface area contributed by atoms with Crippen molar-refractivity contribution in [3.05, 3.63) is 52.2 Å². The van der Waals surface area contributed by atoms with Gasteiger partial charge in [0.2, 0.25) is 0 Å². The van der Waals surface area contributed by atoms with Crippen molar-refractivity contribution >= 4 is 5.82 Å². The van der Waals surface area contributed by atoms with Crippen LogP contribution < -0.4 is 4.74 Å². The predicted octanol–water partition coefficient (Wildman–Crippen LogP) is 1.93. The Kier molecular flexibility index (Phi) is 2.07. The number of imidazole rings is 1. The second-order valence-corrected chi connectivity index (χ2v) is 3.81. The quantitative estimate of drug-likeness (QED) is 0.584. The van der Waals surface area contributed by atoms with E-state index in [4.69, 9.17) is 4.74 Å². The molecule has 0 N–H and O–H groups in total. The van der Waals surface area contributed by atoms with Gasteiger partial charge >= 0.3 is 11.8 Å². The SMILES string of the molecule is O=[N+]([O-])c1cn2c(n1)OC(c1ccccc1)C2. The normalized spacial score (nSPS) is 17.5. The highest BCUT2D eigenvalue weighted by atomic mass is 16.6. The molecule has 1 aliphatic rings. The lowest BCUT2D eigenvalue weighted by Crippen LogP contribution is -2.05. The van der Waals surface area contributed by atoms with Gasteiger partial charge in [-0.15, -0.1) is 0 Å². The van der Waals surface area contributed by atoms with Crippen LogP contribution in [-0.4, -0.2) is 14.5 Å². The van der Waals surface area contributed by atoms with Crippen molar-refractivity contribution in [3.63, 3.8) is 0 Å². The highest BCUT2D eigenvalue weighted by molar-refractivity contribution is 5.26. The first-order valence-corrected chi connectivity index (χ1v) is 5.17. The molecule has 17 heavy (non-hydrogen) atoms. The van der Waals surface area contributed by atoms with Crippen LogP contribution in [0.2, 0.25) is 0 Å². The first-order valence-electron chi connectivity index (χ1n) is 5.17. The van der Waals surface area contributed by atoms with Crippen molar-refractivity contribution < 1.29 is 9.66 Å². The van der Waals surface area contributed by atoms with Crippen LogP contribution in [0.1, 0.15) is 11.7 Å². The number of hydrogen-bond donors (Lipinski definition) is 0. The van der Waals surface area contributed by atoms with E-state index >= 15 is 0 Å². The third kappa shape index (κ3) is 1.63. The van der Waals surface area contributed by atoms with E-state index in [1.165, 1.54) is 6.20 Å². The van der Waals surface area contributed by atoms with Crippen LogP contribution in [0.25, 0.3) is 0 Å². The maximum Gasteiger partial charge on any atom is 0.415 e. The second kappa shape index (κ2) is 3.58. The summed E-state index contributed by atoms with van der Waals surface area (Å²) >= 11 is 0. The van der Waals surface area contributed by atoms with E-state index in [0.717, 1.165) is 5.56 Å².